The van der Waals surface area contributed by atoms with Gasteiger partial charge >= 0.3 is 0 Å². The molecule has 0 aliphatic carbocycles. The quantitative estimate of drug-likeness (QED) is 0.442. The number of benzene rings is 3. The summed E-state index contributed by atoms with van der Waals surface area (Å²) in [7, 11) is -3.70. The Balaban J connectivity index is 1.51. The van der Waals surface area contributed by atoms with Crippen molar-refractivity contribution in [3.05, 3.63) is 72.0 Å². The van der Waals surface area contributed by atoms with Crippen LogP contribution < -0.4 is 9.62 Å². The van der Waals surface area contributed by atoms with Gasteiger partial charge in [-0.05, 0) is 55.0 Å². The van der Waals surface area contributed by atoms with Crippen molar-refractivity contribution in [2.75, 3.05) is 17.4 Å². The highest BCUT2D eigenvalue weighted by atomic mass is 32.2. The van der Waals surface area contributed by atoms with Gasteiger partial charge in [-0.3, -0.25) is 13.9 Å². The normalized spacial score (nSPS) is 14.6. The minimum Gasteiger partial charge on any atom is -0.355 e. The molecule has 0 spiro atoms. The zero-order chi connectivity index (χ0) is 25.9. The van der Waals surface area contributed by atoms with E-state index in [1.165, 1.54) is 21.3 Å². The van der Waals surface area contributed by atoms with Crippen molar-refractivity contribution in [2.24, 2.45) is 0 Å². The zero-order valence-electron chi connectivity index (χ0n) is 20.4. The van der Waals surface area contributed by atoms with E-state index in [0.29, 0.717) is 29.6 Å². The third kappa shape index (κ3) is 4.93. The average molecular weight is 512 g/mol. The lowest BCUT2D eigenvalue weighted by Gasteiger charge is -2.31. The Hall–Kier alpha value is -3.46. The number of halogens is 1. The molecule has 0 bridgehead atoms. The van der Waals surface area contributed by atoms with Crippen LogP contribution in [0, 0.1) is 5.82 Å². The first-order valence-electron chi connectivity index (χ1n) is 12.1. The molecule has 190 valence electrons. The fourth-order valence-electron chi connectivity index (χ4n) is 4.71. The Labute approximate surface area is 210 Å². The van der Waals surface area contributed by atoms with Crippen LogP contribution in [0.15, 0.2) is 65.6 Å². The summed E-state index contributed by atoms with van der Waals surface area (Å²) in [4.78, 5) is 27.9. The monoisotopic (exact) mass is 511 g/mol. The smallest absolute Gasteiger partial charge is 0.265 e. The number of carbonyl (C=O) groups is 2. The number of hydrogen-bond acceptors (Lipinski definition) is 4. The third-order valence-electron chi connectivity index (χ3n) is 6.44. The third-order valence-corrected chi connectivity index (χ3v) is 8.29. The molecule has 7 nitrogen and oxygen atoms in total. The van der Waals surface area contributed by atoms with Crippen LogP contribution in [0.5, 0.6) is 0 Å². The maximum absolute atomic E-state index is 13.4. The van der Waals surface area contributed by atoms with Crippen LogP contribution in [0.3, 0.4) is 0 Å². The van der Waals surface area contributed by atoms with E-state index in [9.17, 15) is 22.4 Å². The topological polar surface area (TPSA) is 86.8 Å². The van der Waals surface area contributed by atoms with Crippen molar-refractivity contribution in [3.63, 3.8) is 0 Å². The number of sulfonamides is 1. The summed E-state index contributed by atoms with van der Waals surface area (Å²) in [5, 5.41) is 4.33. The highest BCUT2D eigenvalue weighted by Crippen LogP contribution is 2.42. The lowest BCUT2D eigenvalue weighted by atomic mass is 10.1. The lowest BCUT2D eigenvalue weighted by Crippen LogP contribution is -2.49. The number of hydrogen-bond donors (Lipinski definition) is 1. The molecule has 0 aromatic heterocycles. The molecule has 1 N–H and O–H groups in total. The Morgan fingerprint density at radius 1 is 1.03 bits per heavy atom. The van der Waals surface area contributed by atoms with Crippen molar-refractivity contribution >= 4 is 38.3 Å². The van der Waals surface area contributed by atoms with E-state index in [2.05, 4.69) is 5.32 Å². The van der Waals surface area contributed by atoms with Crippen molar-refractivity contribution in [2.45, 2.75) is 50.6 Å². The number of nitrogens with zero attached hydrogens (tertiary/aromatic N) is 2. The second-order valence-corrected chi connectivity index (χ2v) is 10.6. The number of anilines is 1. The Bertz CT molecular complexity index is 1370. The van der Waals surface area contributed by atoms with E-state index >= 15 is 0 Å². The molecule has 1 aliphatic rings. The zero-order valence-corrected chi connectivity index (χ0v) is 21.2. The molecule has 4 rings (SSSR count). The SMILES string of the molecule is CCNC(=O)[C@H](CC)N(Cc1ccc(F)cc1)C(=O)CCCN1c2cccc3cccc(c23)S1(=O)=O. The van der Waals surface area contributed by atoms with Gasteiger partial charge in [0.05, 0.1) is 10.6 Å². The maximum atomic E-state index is 13.4. The van der Waals surface area contributed by atoms with Crippen LogP contribution >= 0.6 is 0 Å². The van der Waals surface area contributed by atoms with Gasteiger partial charge in [0.1, 0.15) is 11.9 Å². The van der Waals surface area contributed by atoms with Gasteiger partial charge in [-0.2, -0.15) is 0 Å². The molecule has 9 heteroatoms. The predicted octanol–water partition coefficient (Wildman–Crippen LogP) is 4.21. The van der Waals surface area contributed by atoms with Crippen molar-refractivity contribution < 1.29 is 22.4 Å². The van der Waals surface area contributed by atoms with Crippen LogP contribution in [0.2, 0.25) is 0 Å². The predicted molar refractivity (Wildman–Crippen MR) is 137 cm³/mol. The summed E-state index contributed by atoms with van der Waals surface area (Å²) in [5.74, 6) is -0.889. The first-order chi connectivity index (χ1) is 17.3. The summed E-state index contributed by atoms with van der Waals surface area (Å²) in [6, 6.07) is 15.8. The van der Waals surface area contributed by atoms with Crippen LogP contribution in [0.4, 0.5) is 10.1 Å². The molecule has 1 atom stereocenters. The van der Waals surface area contributed by atoms with Gasteiger partial charge in [-0.15, -0.1) is 0 Å². The van der Waals surface area contributed by atoms with Gasteiger partial charge < -0.3 is 10.2 Å². The molecule has 36 heavy (non-hydrogen) atoms. The number of likely N-dealkylation sites (N-methyl/N-ethyl adjacent to an activating group) is 1. The van der Waals surface area contributed by atoms with Crippen LogP contribution in [-0.4, -0.2) is 44.3 Å². The highest BCUT2D eigenvalue weighted by Gasteiger charge is 2.35. The minimum absolute atomic E-state index is 0.0649. The Morgan fingerprint density at radius 2 is 1.72 bits per heavy atom. The fraction of sp³-hybridized carbons (Fsp3) is 0.333. The minimum atomic E-state index is -3.70. The summed E-state index contributed by atoms with van der Waals surface area (Å²) >= 11 is 0. The first kappa shape index (κ1) is 25.6. The first-order valence-corrected chi connectivity index (χ1v) is 13.6. The van der Waals surface area contributed by atoms with Crippen LogP contribution in [-0.2, 0) is 26.2 Å². The van der Waals surface area contributed by atoms with E-state index in [4.69, 9.17) is 0 Å². The Morgan fingerprint density at radius 3 is 2.39 bits per heavy atom. The molecule has 3 aromatic carbocycles. The Kier molecular flexibility index (Phi) is 7.59. The molecular formula is C27H30FN3O4S. The highest BCUT2D eigenvalue weighted by molar-refractivity contribution is 7.93. The molecule has 2 amide bonds. The van der Waals surface area contributed by atoms with E-state index < -0.39 is 16.1 Å². The molecule has 1 heterocycles. The van der Waals surface area contributed by atoms with Crippen LogP contribution in [0.1, 0.15) is 38.7 Å². The molecular weight excluding hydrogens is 481 g/mol. The van der Waals surface area contributed by atoms with Gasteiger partial charge in [0.15, 0.2) is 0 Å². The summed E-state index contributed by atoms with van der Waals surface area (Å²) in [6.07, 6.45) is 0.764. The molecule has 0 radical (unpaired) electrons. The molecule has 0 fully saturated rings. The number of carbonyl (C=O) groups excluding carboxylic acids is 2. The number of nitrogens with one attached hydrogen (secondary N) is 1. The van der Waals surface area contributed by atoms with Crippen molar-refractivity contribution in [3.8, 4) is 0 Å². The number of rotatable bonds is 10. The van der Waals surface area contributed by atoms with E-state index in [-0.39, 0.29) is 48.5 Å². The molecule has 0 saturated carbocycles. The van der Waals surface area contributed by atoms with Gasteiger partial charge in [-0.1, -0.05) is 43.3 Å². The lowest BCUT2D eigenvalue weighted by molar-refractivity contribution is -0.141. The van der Waals surface area contributed by atoms with E-state index in [1.807, 2.05) is 32.0 Å². The van der Waals surface area contributed by atoms with Gasteiger partial charge in [0.25, 0.3) is 10.0 Å². The van der Waals surface area contributed by atoms with Gasteiger partial charge in [0, 0.05) is 31.4 Å². The van der Waals surface area contributed by atoms with Crippen LogP contribution in [0.25, 0.3) is 10.8 Å². The second kappa shape index (κ2) is 10.7. The van der Waals surface area contributed by atoms with E-state index in [0.717, 1.165) is 5.39 Å². The van der Waals surface area contributed by atoms with E-state index in [1.54, 1.807) is 30.3 Å². The van der Waals surface area contributed by atoms with Gasteiger partial charge in [0.2, 0.25) is 11.8 Å². The average Bonchev–Trinajstić information content (AvgIpc) is 3.08. The number of amides is 2. The van der Waals surface area contributed by atoms with Gasteiger partial charge in [-0.25, -0.2) is 12.8 Å². The van der Waals surface area contributed by atoms with Crippen molar-refractivity contribution in [1.29, 1.82) is 0 Å². The standard InChI is InChI=1S/C27H30FN3O4S/c1-3-22(27(33)29-4-2)30(18-19-13-15-21(28)16-14-19)25(32)12-7-17-31-23-10-5-8-20-9-6-11-24(26(20)23)36(31,34)35/h5-6,8-11,13-16,22H,3-4,7,12,17-18H2,1-2H3,(H,29,33)/t22-/m0/s1. The molecule has 1 aliphatic heterocycles. The summed E-state index contributed by atoms with van der Waals surface area (Å²) < 4.78 is 41.2. The largest absolute Gasteiger partial charge is 0.355 e. The van der Waals surface area contributed by atoms with Crippen molar-refractivity contribution in [1.82, 2.24) is 10.2 Å². The summed E-state index contributed by atoms with van der Waals surface area (Å²) in [6.45, 7) is 4.38. The fourth-order valence-corrected chi connectivity index (χ4v) is 6.46. The summed E-state index contributed by atoms with van der Waals surface area (Å²) in [5.41, 5.74) is 1.32. The maximum Gasteiger partial charge on any atom is 0.265 e. The second-order valence-electron chi connectivity index (χ2n) is 8.78. The molecule has 0 saturated heterocycles. The molecule has 0 unspecified atom stereocenters. The molecule has 3 aromatic rings.